The van der Waals surface area contributed by atoms with Gasteiger partial charge in [0.05, 0.1) is 6.42 Å². The van der Waals surface area contributed by atoms with Crippen molar-refractivity contribution < 1.29 is 4.79 Å². The molecule has 2 aliphatic heterocycles. The molecule has 1 amide bonds. The molecule has 2 aliphatic rings. The van der Waals surface area contributed by atoms with Gasteiger partial charge >= 0.3 is 0 Å². The van der Waals surface area contributed by atoms with Crippen LogP contribution < -0.4 is 5.32 Å². The fraction of sp³-hybridized carbons (Fsp3) is 0.611. The molecule has 1 aromatic rings. The van der Waals surface area contributed by atoms with Gasteiger partial charge in [-0.1, -0.05) is 29.8 Å². The first kappa shape index (κ1) is 14.6. The van der Waals surface area contributed by atoms with Crippen molar-refractivity contribution in [1.29, 1.82) is 0 Å². The Kier molecular flexibility index (Phi) is 4.59. The minimum absolute atomic E-state index is 0.314. The average molecular weight is 286 g/mol. The minimum atomic E-state index is 0.314. The number of aryl methyl sites for hydroxylation is 1. The van der Waals surface area contributed by atoms with Crippen LogP contribution in [-0.2, 0) is 11.2 Å². The normalized spacial score (nSPS) is 26.0. The molecule has 0 aliphatic carbocycles. The number of nitrogens with zero attached hydrogens (tertiary/aromatic N) is 1. The molecule has 3 nitrogen and oxygen atoms in total. The summed E-state index contributed by atoms with van der Waals surface area (Å²) in [5.41, 5.74) is 2.38. The van der Waals surface area contributed by atoms with Crippen LogP contribution in [0.15, 0.2) is 24.3 Å². The van der Waals surface area contributed by atoms with Crippen molar-refractivity contribution in [3.05, 3.63) is 35.4 Å². The molecular formula is C18H26N2O. The smallest absolute Gasteiger partial charge is 0.227 e. The summed E-state index contributed by atoms with van der Waals surface area (Å²) in [6.07, 6.45) is 5.43. The van der Waals surface area contributed by atoms with Gasteiger partial charge in [-0.15, -0.1) is 0 Å². The van der Waals surface area contributed by atoms with E-state index in [-0.39, 0.29) is 0 Å². The molecule has 3 rings (SSSR count). The highest BCUT2D eigenvalue weighted by Crippen LogP contribution is 2.28. The van der Waals surface area contributed by atoms with E-state index in [4.69, 9.17) is 0 Å². The number of benzene rings is 1. The molecule has 2 unspecified atom stereocenters. The first-order chi connectivity index (χ1) is 10.2. The molecule has 0 bridgehead atoms. The molecule has 3 heteroatoms. The third kappa shape index (κ3) is 3.46. The molecule has 1 aromatic carbocycles. The van der Waals surface area contributed by atoms with Gasteiger partial charge in [0.2, 0.25) is 5.91 Å². The summed E-state index contributed by atoms with van der Waals surface area (Å²) in [6.45, 7) is 5.26. The Morgan fingerprint density at radius 1 is 1.33 bits per heavy atom. The number of piperidine rings is 1. The van der Waals surface area contributed by atoms with Crippen LogP contribution >= 0.6 is 0 Å². The van der Waals surface area contributed by atoms with Crippen molar-refractivity contribution >= 4 is 5.91 Å². The maximum Gasteiger partial charge on any atom is 0.227 e. The largest absolute Gasteiger partial charge is 0.339 e. The van der Waals surface area contributed by atoms with Gasteiger partial charge in [0, 0.05) is 12.6 Å². The van der Waals surface area contributed by atoms with Crippen LogP contribution in [0.5, 0.6) is 0 Å². The van der Waals surface area contributed by atoms with Gasteiger partial charge in [-0.25, -0.2) is 0 Å². The van der Waals surface area contributed by atoms with Crippen LogP contribution in [0.2, 0.25) is 0 Å². The molecule has 2 saturated heterocycles. The third-order valence-electron chi connectivity index (χ3n) is 4.94. The van der Waals surface area contributed by atoms with E-state index in [0.717, 1.165) is 25.2 Å². The molecule has 2 fully saturated rings. The zero-order chi connectivity index (χ0) is 14.7. The van der Waals surface area contributed by atoms with E-state index >= 15 is 0 Å². The van der Waals surface area contributed by atoms with Gasteiger partial charge in [0.1, 0.15) is 0 Å². The highest BCUT2D eigenvalue weighted by molar-refractivity contribution is 5.79. The Balaban J connectivity index is 1.65. The molecule has 2 atom stereocenters. The molecule has 2 heterocycles. The predicted octanol–water partition coefficient (Wildman–Crippen LogP) is 2.53. The summed E-state index contributed by atoms with van der Waals surface area (Å²) in [7, 11) is 0. The topological polar surface area (TPSA) is 32.3 Å². The fourth-order valence-electron chi connectivity index (χ4n) is 3.90. The highest BCUT2D eigenvalue weighted by Gasteiger charge is 2.34. The van der Waals surface area contributed by atoms with Crippen molar-refractivity contribution in [3.8, 4) is 0 Å². The number of likely N-dealkylation sites (tertiary alicyclic amines) is 1. The van der Waals surface area contributed by atoms with Gasteiger partial charge in [-0.3, -0.25) is 4.79 Å². The second-order valence-corrected chi connectivity index (χ2v) is 6.57. The van der Waals surface area contributed by atoms with E-state index < -0.39 is 0 Å². The maximum absolute atomic E-state index is 12.7. The molecular weight excluding hydrogens is 260 g/mol. The molecule has 21 heavy (non-hydrogen) atoms. The van der Waals surface area contributed by atoms with Crippen molar-refractivity contribution in [3.63, 3.8) is 0 Å². The molecule has 0 spiro atoms. The zero-order valence-electron chi connectivity index (χ0n) is 13.0. The second kappa shape index (κ2) is 6.61. The standard InChI is InChI=1S/C18H26N2O/c1-14-5-2-6-15(11-14)12-18(21)20-10-4-8-17(20)16-7-3-9-19-13-16/h2,5-6,11,16-17,19H,3-4,7-10,12-13H2,1H3. The lowest BCUT2D eigenvalue weighted by Crippen LogP contribution is -2.46. The van der Waals surface area contributed by atoms with E-state index in [1.807, 2.05) is 6.07 Å². The number of nitrogens with one attached hydrogen (secondary N) is 1. The van der Waals surface area contributed by atoms with E-state index in [2.05, 4.69) is 35.3 Å². The number of hydrogen-bond donors (Lipinski definition) is 1. The molecule has 0 radical (unpaired) electrons. The van der Waals surface area contributed by atoms with Gasteiger partial charge in [-0.05, 0) is 57.2 Å². The maximum atomic E-state index is 12.7. The molecule has 1 N–H and O–H groups in total. The first-order valence-corrected chi connectivity index (χ1v) is 8.30. The number of amides is 1. The molecule has 0 aromatic heterocycles. The monoisotopic (exact) mass is 286 g/mol. The molecule has 114 valence electrons. The Bertz CT molecular complexity index is 494. The molecule has 0 saturated carbocycles. The lowest BCUT2D eigenvalue weighted by atomic mass is 9.90. The van der Waals surface area contributed by atoms with Crippen LogP contribution in [-0.4, -0.2) is 36.5 Å². The van der Waals surface area contributed by atoms with Crippen LogP contribution in [0.3, 0.4) is 0 Å². The summed E-state index contributed by atoms with van der Waals surface area (Å²) in [5, 5.41) is 3.49. The summed E-state index contributed by atoms with van der Waals surface area (Å²) in [6, 6.07) is 8.80. The van der Waals surface area contributed by atoms with Crippen LogP contribution in [0.25, 0.3) is 0 Å². The predicted molar refractivity (Wildman–Crippen MR) is 85.2 cm³/mol. The fourth-order valence-corrected chi connectivity index (χ4v) is 3.90. The summed E-state index contributed by atoms with van der Waals surface area (Å²) in [4.78, 5) is 14.9. The van der Waals surface area contributed by atoms with E-state index in [9.17, 15) is 4.79 Å². The van der Waals surface area contributed by atoms with Crippen molar-refractivity contribution in [2.24, 2.45) is 5.92 Å². The Morgan fingerprint density at radius 3 is 3.00 bits per heavy atom. The van der Waals surface area contributed by atoms with Gasteiger partial charge in [0.15, 0.2) is 0 Å². The van der Waals surface area contributed by atoms with E-state index in [1.54, 1.807) is 0 Å². The summed E-state index contributed by atoms with van der Waals surface area (Å²) in [5.74, 6) is 0.969. The van der Waals surface area contributed by atoms with E-state index in [1.165, 1.54) is 31.2 Å². The second-order valence-electron chi connectivity index (χ2n) is 6.57. The zero-order valence-corrected chi connectivity index (χ0v) is 13.0. The number of hydrogen-bond acceptors (Lipinski definition) is 2. The van der Waals surface area contributed by atoms with Crippen LogP contribution in [0.4, 0.5) is 0 Å². The van der Waals surface area contributed by atoms with Crippen molar-refractivity contribution in [2.45, 2.75) is 45.1 Å². The van der Waals surface area contributed by atoms with Crippen LogP contribution in [0, 0.1) is 12.8 Å². The third-order valence-corrected chi connectivity index (χ3v) is 4.94. The lowest BCUT2D eigenvalue weighted by Gasteiger charge is -2.34. The number of carbonyl (C=O) groups excluding carboxylic acids is 1. The van der Waals surface area contributed by atoms with Crippen LogP contribution in [0.1, 0.15) is 36.8 Å². The highest BCUT2D eigenvalue weighted by atomic mass is 16.2. The first-order valence-electron chi connectivity index (χ1n) is 8.30. The van der Waals surface area contributed by atoms with Crippen molar-refractivity contribution in [2.75, 3.05) is 19.6 Å². The minimum Gasteiger partial charge on any atom is -0.339 e. The Labute approximate surface area is 127 Å². The van der Waals surface area contributed by atoms with Crippen molar-refractivity contribution in [1.82, 2.24) is 10.2 Å². The number of rotatable bonds is 3. The Hall–Kier alpha value is -1.35. The lowest BCUT2D eigenvalue weighted by molar-refractivity contribution is -0.132. The van der Waals surface area contributed by atoms with E-state index in [0.29, 0.717) is 24.3 Å². The average Bonchev–Trinajstić information content (AvgIpc) is 2.98. The van der Waals surface area contributed by atoms with Gasteiger partial charge in [0.25, 0.3) is 0 Å². The Morgan fingerprint density at radius 2 is 2.24 bits per heavy atom. The van der Waals surface area contributed by atoms with Gasteiger partial charge < -0.3 is 10.2 Å². The summed E-state index contributed by atoms with van der Waals surface area (Å²) < 4.78 is 0. The SMILES string of the molecule is Cc1cccc(CC(=O)N2CCCC2C2CCCNC2)c1. The van der Waals surface area contributed by atoms with Gasteiger partial charge in [-0.2, -0.15) is 0 Å². The summed E-state index contributed by atoms with van der Waals surface area (Å²) >= 11 is 0. The quantitative estimate of drug-likeness (QED) is 0.926. The number of carbonyl (C=O) groups is 1.